The molecule has 0 amide bonds. The molecule has 0 aliphatic carbocycles. The number of hydrogen-bond acceptors (Lipinski definition) is 10. The quantitative estimate of drug-likeness (QED) is 0.281. The highest BCUT2D eigenvalue weighted by Gasteiger charge is 2.19. The summed E-state index contributed by atoms with van der Waals surface area (Å²) in [4.78, 5) is 8.06. The van der Waals surface area contributed by atoms with E-state index in [-0.39, 0.29) is 45.6 Å². The van der Waals surface area contributed by atoms with Crippen molar-refractivity contribution in [2.45, 2.75) is 0 Å². The summed E-state index contributed by atoms with van der Waals surface area (Å²) in [5.41, 5.74) is 6.48. The van der Waals surface area contributed by atoms with Gasteiger partial charge in [0.05, 0.1) is 0 Å². The standard InChI is InChI=1S/C11H9N7O3/c12-9-8(14-10-11(15-9)18-21-17-10)7(16-13)5-2-1-4(19)3-6(5)20/h1-3,19-20H,13H2,(H2,12,15,18)/b16-7+. The van der Waals surface area contributed by atoms with Gasteiger partial charge in [-0.05, 0) is 22.4 Å². The van der Waals surface area contributed by atoms with E-state index in [0.29, 0.717) is 0 Å². The fraction of sp³-hybridized carbons (Fsp3) is 0. The van der Waals surface area contributed by atoms with Gasteiger partial charge >= 0.3 is 0 Å². The molecule has 0 radical (unpaired) electrons. The summed E-state index contributed by atoms with van der Waals surface area (Å²) in [6.45, 7) is 0. The van der Waals surface area contributed by atoms with Crippen LogP contribution in [0.1, 0.15) is 11.3 Å². The molecule has 0 bridgehead atoms. The van der Waals surface area contributed by atoms with Gasteiger partial charge in [0.25, 0.3) is 0 Å². The molecular formula is C11H9N7O3. The summed E-state index contributed by atoms with van der Waals surface area (Å²) in [6.07, 6.45) is 0. The van der Waals surface area contributed by atoms with Gasteiger partial charge in [-0.25, -0.2) is 14.6 Å². The van der Waals surface area contributed by atoms with E-state index in [1.54, 1.807) is 0 Å². The molecule has 2 aromatic heterocycles. The van der Waals surface area contributed by atoms with Gasteiger partial charge in [0.15, 0.2) is 5.82 Å². The fourth-order valence-electron chi connectivity index (χ4n) is 1.80. The summed E-state index contributed by atoms with van der Waals surface area (Å²) in [7, 11) is 0. The number of hydrogen-bond donors (Lipinski definition) is 4. The Hall–Kier alpha value is -3.43. The lowest BCUT2D eigenvalue weighted by Crippen LogP contribution is -2.13. The first-order chi connectivity index (χ1) is 10.1. The fourth-order valence-corrected chi connectivity index (χ4v) is 1.80. The van der Waals surface area contributed by atoms with Gasteiger partial charge < -0.3 is 21.8 Å². The predicted molar refractivity (Wildman–Crippen MR) is 71.4 cm³/mol. The Bertz CT molecular complexity index is 858. The highest BCUT2D eigenvalue weighted by Crippen LogP contribution is 2.26. The second-order valence-electron chi connectivity index (χ2n) is 4.05. The Balaban J connectivity index is 2.20. The maximum atomic E-state index is 9.89. The van der Waals surface area contributed by atoms with E-state index in [1.807, 2.05) is 0 Å². The third-order valence-corrected chi connectivity index (χ3v) is 2.73. The Morgan fingerprint density at radius 2 is 1.86 bits per heavy atom. The van der Waals surface area contributed by atoms with Gasteiger partial charge in [0.1, 0.15) is 22.9 Å². The van der Waals surface area contributed by atoms with Gasteiger partial charge in [0.2, 0.25) is 11.3 Å². The molecule has 21 heavy (non-hydrogen) atoms. The van der Waals surface area contributed by atoms with E-state index in [1.165, 1.54) is 12.1 Å². The van der Waals surface area contributed by atoms with Gasteiger partial charge in [-0.1, -0.05) is 0 Å². The highest BCUT2D eigenvalue weighted by molar-refractivity contribution is 6.15. The van der Waals surface area contributed by atoms with Crippen LogP contribution < -0.4 is 11.6 Å². The number of nitrogens with zero attached hydrogens (tertiary/aromatic N) is 5. The number of benzene rings is 1. The maximum Gasteiger partial charge on any atom is 0.245 e. The van der Waals surface area contributed by atoms with Crippen LogP contribution in [0.15, 0.2) is 27.9 Å². The van der Waals surface area contributed by atoms with E-state index < -0.39 is 0 Å². The van der Waals surface area contributed by atoms with Crippen molar-refractivity contribution in [2.24, 2.45) is 10.9 Å². The molecule has 0 saturated heterocycles. The first kappa shape index (κ1) is 12.6. The molecule has 3 rings (SSSR count). The van der Waals surface area contributed by atoms with Crippen molar-refractivity contribution in [3.05, 3.63) is 29.5 Å². The lowest BCUT2D eigenvalue weighted by Gasteiger charge is -2.08. The lowest BCUT2D eigenvalue weighted by molar-refractivity contribution is 0.314. The number of phenolic OH excluding ortho intramolecular Hbond substituents is 2. The predicted octanol–water partition coefficient (Wildman–Crippen LogP) is -0.283. The minimum absolute atomic E-state index is 0.00475. The van der Waals surface area contributed by atoms with Gasteiger partial charge in [-0.3, -0.25) is 0 Å². The number of nitrogen functional groups attached to an aromatic ring is 1. The number of fused-ring (bicyclic) bond motifs is 1. The van der Waals surface area contributed by atoms with Crippen LogP contribution >= 0.6 is 0 Å². The number of rotatable bonds is 2. The highest BCUT2D eigenvalue weighted by atomic mass is 16.6. The zero-order chi connectivity index (χ0) is 15.0. The second-order valence-corrected chi connectivity index (χ2v) is 4.05. The summed E-state index contributed by atoms with van der Waals surface area (Å²) in [5.74, 6) is 5.01. The van der Waals surface area contributed by atoms with Crippen LogP contribution in [0.5, 0.6) is 11.5 Å². The van der Waals surface area contributed by atoms with Crippen LogP contribution in [-0.4, -0.2) is 36.2 Å². The summed E-state index contributed by atoms with van der Waals surface area (Å²) in [6, 6.07) is 3.92. The number of aromatic hydroxyl groups is 2. The molecule has 0 atom stereocenters. The number of phenols is 2. The van der Waals surface area contributed by atoms with E-state index in [2.05, 4.69) is 30.0 Å². The average molecular weight is 287 g/mol. The van der Waals surface area contributed by atoms with Crippen molar-refractivity contribution in [3.63, 3.8) is 0 Å². The molecule has 1 aromatic carbocycles. The van der Waals surface area contributed by atoms with Crippen molar-refractivity contribution in [2.75, 3.05) is 5.73 Å². The number of aromatic nitrogens is 4. The number of nitrogens with two attached hydrogens (primary N) is 2. The van der Waals surface area contributed by atoms with Crippen LogP contribution in [0.2, 0.25) is 0 Å². The average Bonchev–Trinajstić information content (AvgIpc) is 2.89. The molecule has 0 fully saturated rings. The summed E-state index contributed by atoms with van der Waals surface area (Å²) in [5, 5.41) is 29.9. The third-order valence-electron chi connectivity index (χ3n) is 2.73. The van der Waals surface area contributed by atoms with E-state index in [0.717, 1.165) is 6.07 Å². The second kappa shape index (κ2) is 4.59. The van der Waals surface area contributed by atoms with Crippen molar-refractivity contribution in [1.82, 2.24) is 20.3 Å². The molecule has 6 N–H and O–H groups in total. The molecule has 2 heterocycles. The van der Waals surface area contributed by atoms with E-state index in [4.69, 9.17) is 11.6 Å². The first-order valence-electron chi connectivity index (χ1n) is 5.66. The van der Waals surface area contributed by atoms with Crippen molar-refractivity contribution in [1.29, 1.82) is 0 Å². The molecule has 0 aliphatic heterocycles. The largest absolute Gasteiger partial charge is 0.508 e. The first-order valence-corrected chi connectivity index (χ1v) is 5.66. The van der Waals surface area contributed by atoms with Gasteiger partial charge in [-0.15, -0.1) is 0 Å². The summed E-state index contributed by atoms with van der Waals surface area (Å²) >= 11 is 0. The van der Waals surface area contributed by atoms with Gasteiger partial charge in [-0.2, -0.15) is 5.10 Å². The third kappa shape index (κ3) is 2.04. The molecule has 106 valence electrons. The normalized spacial score (nSPS) is 11.9. The van der Waals surface area contributed by atoms with Crippen molar-refractivity contribution >= 4 is 22.8 Å². The molecule has 3 aromatic rings. The topological polar surface area (TPSA) is 170 Å². The molecule has 0 aliphatic rings. The Morgan fingerprint density at radius 3 is 2.52 bits per heavy atom. The number of anilines is 1. The van der Waals surface area contributed by atoms with Crippen LogP contribution in [-0.2, 0) is 0 Å². The number of hydrazone groups is 1. The SMILES string of the molecule is N/N=C(\c1ccc(O)cc1O)c1nc2nonc2nc1N. The van der Waals surface area contributed by atoms with Crippen LogP contribution in [0, 0.1) is 0 Å². The van der Waals surface area contributed by atoms with Gasteiger partial charge in [0, 0.05) is 11.6 Å². The van der Waals surface area contributed by atoms with Crippen LogP contribution in [0.4, 0.5) is 5.82 Å². The van der Waals surface area contributed by atoms with Crippen LogP contribution in [0.25, 0.3) is 11.3 Å². The smallest absolute Gasteiger partial charge is 0.245 e. The Kier molecular flexibility index (Phi) is 2.76. The monoisotopic (exact) mass is 287 g/mol. The van der Waals surface area contributed by atoms with Crippen molar-refractivity contribution in [3.8, 4) is 11.5 Å². The zero-order valence-corrected chi connectivity index (χ0v) is 10.4. The Labute approximate surface area is 116 Å². The van der Waals surface area contributed by atoms with Crippen molar-refractivity contribution < 1.29 is 14.8 Å². The molecular weight excluding hydrogens is 278 g/mol. The van der Waals surface area contributed by atoms with E-state index >= 15 is 0 Å². The zero-order valence-electron chi connectivity index (χ0n) is 10.4. The Morgan fingerprint density at radius 1 is 1.14 bits per heavy atom. The molecule has 0 spiro atoms. The minimum Gasteiger partial charge on any atom is -0.508 e. The maximum absolute atomic E-state index is 9.89. The molecule has 0 unspecified atom stereocenters. The molecule has 10 nitrogen and oxygen atoms in total. The minimum atomic E-state index is -0.237. The van der Waals surface area contributed by atoms with E-state index in [9.17, 15) is 10.2 Å². The lowest BCUT2D eigenvalue weighted by atomic mass is 10.1. The molecule has 10 heteroatoms. The summed E-state index contributed by atoms with van der Waals surface area (Å²) < 4.78 is 4.50. The molecule has 0 saturated carbocycles. The van der Waals surface area contributed by atoms with Crippen LogP contribution in [0.3, 0.4) is 0 Å².